The molecule has 0 spiro atoms. The van der Waals surface area contributed by atoms with Gasteiger partial charge in [0.15, 0.2) is 0 Å². The Bertz CT molecular complexity index is 1000. The van der Waals surface area contributed by atoms with Crippen LogP contribution in [0, 0.1) is 31.6 Å². The van der Waals surface area contributed by atoms with Crippen LogP contribution in [0.15, 0.2) is 54.7 Å². The van der Waals surface area contributed by atoms with Crippen LogP contribution in [0.3, 0.4) is 0 Å². The zero-order valence-electron chi connectivity index (χ0n) is 17.6. The summed E-state index contributed by atoms with van der Waals surface area (Å²) < 4.78 is 2.71. The summed E-state index contributed by atoms with van der Waals surface area (Å²) in [5, 5.41) is 0. The molecule has 4 aliphatic rings. The van der Waals surface area contributed by atoms with Gasteiger partial charge in [-0.15, -0.1) is 0 Å². The van der Waals surface area contributed by atoms with Crippen molar-refractivity contribution in [2.45, 2.75) is 57.9 Å². The Morgan fingerprint density at radius 1 is 0.793 bits per heavy atom. The molecule has 2 heteroatoms. The maximum atomic E-state index is 5.07. The van der Waals surface area contributed by atoms with Gasteiger partial charge in [0.2, 0.25) is 0 Å². The zero-order chi connectivity index (χ0) is 19.6. The summed E-state index contributed by atoms with van der Waals surface area (Å²) in [6.45, 7) is 4.50. The third-order valence-electron chi connectivity index (χ3n) is 8.01. The van der Waals surface area contributed by atoms with Gasteiger partial charge in [-0.2, -0.15) is 0 Å². The highest BCUT2D eigenvalue weighted by Crippen LogP contribution is 2.60. The van der Waals surface area contributed by atoms with E-state index in [0.717, 1.165) is 17.8 Å². The Labute approximate surface area is 174 Å². The van der Waals surface area contributed by atoms with Crippen LogP contribution in [0.25, 0.3) is 22.6 Å². The van der Waals surface area contributed by atoms with E-state index in [9.17, 15) is 0 Å². The fourth-order valence-electron chi connectivity index (χ4n) is 7.36. The molecule has 148 valence electrons. The molecule has 1 heterocycles. The van der Waals surface area contributed by atoms with Crippen LogP contribution in [-0.2, 0) is 5.54 Å². The fraction of sp³-hybridized carbons (Fsp3) is 0.444. The standard InChI is InChI=1S/C27H30N2/c1-18-7-6-8-19(2)25(18)24-17-28-26(23-9-4-3-5-10-23)29(24)27-14-20-11-21(15-27)13-22(12-20)16-27/h3-10,17,20-22H,11-16H2,1-2H3. The van der Waals surface area contributed by atoms with E-state index in [2.05, 4.69) is 73.1 Å². The van der Waals surface area contributed by atoms with E-state index >= 15 is 0 Å². The molecule has 0 radical (unpaired) electrons. The third kappa shape index (κ3) is 2.64. The highest BCUT2D eigenvalue weighted by atomic mass is 15.2. The summed E-state index contributed by atoms with van der Waals surface area (Å²) in [5.74, 6) is 3.92. The summed E-state index contributed by atoms with van der Waals surface area (Å²) in [5.41, 5.74) is 6.94. The molecule has 0 amide bonds. The fourth-order valence-corrected chi connectivity index (χ4v) is 7.36. The molecule has 0 N–H and O–H groups in total. The second kappa shape index (κ2) is 6.32. The van der Waals surface area contributed by atoms with Crippen LogP contribution < -0.4 is 0 Å². The number of aromatic nitrogens is 2. The summed E-state index contributed by atoms with van der Waals surface area (Å²) in [7, 11) is 0. The first-order chi connectivity index (χ1) is 14.1. The average Bonchev–Trinajstić information content (AvgIpc) is 3.13. The first-order valence-electron chi connectivity index (χ1n) is 11.3. The van der Waals surface area contributed by atoms with Gasteiger partial charge in [-0.1, -0.05) is 48.5 Å². The Morgan fingerprint density at radius 2 is 1.38 bits per heavy atom. The van der Waals surface area contributed by atoms with Crippen LogP contribution in [-0.4, -0.2) is 9.55 Å². The van der Waals surface area contributed by atoms with E-state index in [0.29, 0.717) is 0 Å². The summed E-state index contributed by atoms with van der Waals surface area (Å²) in [6.07, 6.45) is 10.6. The maximum Gasteiger partial charge on any atom is 0.140 e. The number of imidazole rings is 1. The number of nitrogens with zero attached hydrogens (tertiary/aromatic N) is 2. The lowest BCUT2D eigenvalue weighted by atomic mass is 9.52. The molecule has 2 nitrogen and oxygen atoms in total. The van der Waals surface area contributed by atoms with Crippen LogP contribution in [0.5, 0.6) is 0 Å². The van der Waals surface area contributed by atoms with Crippen molar-refractivity contribution in [1.29, 1.82) is 0 Å². The van der Waals surface area contributed by atoms with Crippen molar-refractivity contribution in [2.75, 3.05) is 0 Å². The molecule has 0 saturated heterocycles. The van der Waals surface area contributed by atoms with Crippen molar-refractivity contribution in [3.63, 3.8) is 0 Å². The van der Waals surface area contributed by atoms with Gasteiger partial charge in [0.1, 0.15) is 5.82 Å². The van der Waals surface area contributed by atoms with Gasteiger partial charge in [0, 0.05) is 16.7 Å². The van der Waals surface area contributed by atoms with Gasteiger partial charge in [0.25, 0.3) is 0 Å². The molecule has 0 unspecified atom stereocenters. The first-order valence-corrected chi connectivity index (χ1v) is 11.3. The van der Waals surface area contributed by atoms with E-state index in [1.807, 2.05) is 0 Å². The Kier molecular flexibility index (Phi) is 3.82. The minimum Gasteiger partial charge on any atom is -0.318 e. The summed E-state index contributed by atoms with van der Waals surface area (Å²) in [4.78, 5) is 5.07. The predicted molar refractivity (Wildman–Crippen MR) is 119 cm³/mol. The van der Waals surface area contributed by atoms with Crippen molar-refractivity contribution in [3.05, 3.63) is 65.9 Å². The van der Waals surface area contributed by atoms with Crippen molar-refractivity contribution in [3.8, 4) is 22.6 Å². The highest BCUT2D eigenvalue weighted by Gasteiger charge is 2.53. The van der Waals surface area contributed by atoms with Crippen molar-refractivity contribution in [2.24, 2.45) is 17.8 Å². The largest absolute Gasteiger partial charge is 0.318 e. The summed E-state index contributed by atoms with van der Waals surface area (Å²) >= 11 is 0. The monoisotopic (exact) mass is 382 g/mol. The zero-order valence-corrected chi connectivity index (χ0v) is 17.6. The van der Waals surface area contributed by atoms with E-state index < -0.39 is 0 Å². The van der Waals surface area contributed by atoms with Crippen molar-refractivity contribution >= 4 is 0 Å². The topological polar surface area (TPSA) is 17.8 Å². The smallest absolute Gasteiger partial charge is 0.140 e. The quantitative estimate of drug-likeness (QED) is 0.489. The maximum absolute atomic E-state index is 5.07. The molecule has 4 bridgehead atoms. The van der Waals surface area contributed by atoms with Crippen molar-refractivity contribution in [1.82, 2.24) is 9.55 Å². The van der Waals surface area contributed by atoms with E-state index in [4.69, 9.17) is 4.98 Å². The Hall–Kier alpha value is -2.35. The van der Waals surface area contributed by atoms with E-state index in [1.165, 1.54) is 72.3 Å². The van der Waals surface area contributed by atoms with Gasteiger partial charge in [-0.05, 0) is 81.3 Å². The third-order valence-corrected chi connectivity index (χ3v) is 8.01. The molecule has 4 saturated carbocycles. The molecule has 29 heavy (non-hydrogen) atoms. The molecular formula is C27H30N2. The molecule has 2 aromatic carbocycles. The lowest BCUT2D eigenvalue weighted by Gasteiger charge is -2.58. The molecule has 1 aromatic heterocycles. The van der Waals surface area contributed by atoms with Gasteiger partial charge in [0.05, 0.1) is 11.9 Å². The van der Waals surface area contributed by atoms with Crippen LogP contribution >= 0.6 is 0 Å². The molecule has 4 aliphatic carbocycles. The number of benzene rings is 2. The number of rotatable bonds is 3. The number of hydrogen-bond acceptors (Lipinski definition) is 1. The van der Waals surface area contributed by atoms with Gasteiger partial charge in [-0.25, -0.2) is 4.98 Å². The predicted octanol–water partition coefficient (Wildman–Crippen LogP) is 6.76. The SMILES string of the molecule is Cc1cccc(C)c1-c1cnc(-c2ccccc2)n1C12CC3CC(CC(C3)C1)C2. The molecule has 3 aromatic rings. The molecule has 7 rings (SSSR count). The van der Waals surface area contributed by atoms with Crippen LogP contribution in [0.1, 0.15) is 49.7 Å². The minimum atomic E-state index is 0.250. The lowest BCUT2D eigenvalue weighted by molar-refractivity contribution is -0.0414. The Morgan fingerprint density at radius 3 is 1.97 bits per heavy atom. The van der Waals surface area contributed by atoms with E-state index in [-0.39, 0.29) is 5.54 Å². The lowest BCUT2D eigenvalue weighted by Crippen LogP contribution is -2.52. The highest BCUT2D eigenvalue weighted by molar-refractivity contribution is 5.71. The van der Waals surface area contributed by atoms with Gasteiger partial charge >= 0.3 is 0 Å². The van der Waals surface area contributed by atoms with Crippen LogP contribution in [0.2, 0.25) is 0 Å². The average molecular weight is 383 g/mol. The van der Waals surface area contributed by atoms with Gasteiger partial charge < -0.3 is 4.57 Å². The molecule has 4 fully saturated rings. The molecular weight excluding hydrogens is 352 g/mol. The number of aryl methyl sites for hydroxylation is 2. The number of hydrogen-bond donors (Lipinski definition) is 0. The Balaban J connectivity index is 1.61. The normalized spacial score (nSPS) is 30.1. The molecule has 0 atom stereocenters. The van der Waals surface area contributed by atoms with Crippen molar-refractivity contribution < 1.29 is 0 Å². The van der Waals surface area contributed by atoms with E-state index in [1.54, 1.807) is 0 Å². The second-order valence-electron chi connectivity index (χ2n) is 10.1. The molecule has 0 aliphatic heterocycles. The van der Waals surface area contributed by atoms with Gasteiger partial charge in [-0.3, -0.25) is 0 Å². The summed E-state index contributed by atoms with van der Waals surface area (Å²) in [6, 6.07) is 17.5. The second-order valence-corrected chi connectivity index (χ2v) is 10.1. The minimum absolute atomic E-state index is 0.250. The van der Waals surface area contributed by atoms with Crippen LogP contribution in [0.4, 0.5) is 0 Å². The first kappa shape index (κ1) is 17.5.